The predicted octanol–water partition coefficient (Wildman–Crippen LogP) is 6.08. The number of phenols is 1. The van der Waals surface area contributed by atoms with Crippen molar-refractivity contribution in [1.29, 1.82) is 0 Å². The van der Waals surface area contributed by atoms with Crippen molar-refractivity contribution in [1.82, 2.24) is 34.9 Å². The van der Waals surface area contributed by atoms with E-state index in [9.17, 15) is 19.5 Å². The second kappa shape index (κ2) is 16.8. The molecule has 4 aliphatic rings. The van der Waals surface area contributed by atoms with Gasteiger partial charge in [-0.05, 0) is 100 Å². The van der Waals surface area contributed by atoms with Crippen molar-refractivity contribution in [2.75, 3.05) is 61.3 Å². The monoisotopic (exact) mass is 826 g/mol. The van der Waals surface area contributed by atoms with E-state index < -0.39 is 6.03 Å². The molecule has 0 unspecified atom stereocenters. The lowest BCUT2D eigenvalue weighted by molar-refractivity contribution is -0.120. The summed E-state index contributed by atoms with van der Waals surface area (Å²) in [6, 6.07) is 20.8. The smallest absolute Gasteiger partial charge is 0.328 e. The number of benzene rings is 2. The van der Waals surface area contributed by atoms with Crippen LogP contribution in [0.25, 0.3) is 22.3 Å². The average molecular weight is 827 g/mol. The van der Waals surface area contributed by atoms with Crippen LogP contribution in [0, 0.1) is 12.8 Å². The Kier molecular flexibility index (Phi) is 11.1. The number of ether oxygens (including phenoxy) is 1. The molecule has 15 heteroatoms. The number of aromatic nitrogens is 4. The SMILES string of the molecule is Cc1nc2c(ccn2C2CCN(CC3CCN(C(=O)c4ccc([C@H]5CN(c6cc(-c7ccccc7O)nnc6N)[C@@H](C)[C@@H](C)O5)cc4)CC3)CC2)cc1N1CCC(=O)NC1=O. The highest BCUT2D eigenvalue weighted by molar-refractivity contribution is 6.06. The summed E-state index contributed by atoms with van der Waals surface area (Å²) in [5, 5.41) is 22.4. The van der Waals surface area contributed by atoms with Crippen LogP contribution < -0.4 is 20.9 Å². The summed E-state index contributed by atoms with van der Waals surface area (Å²) >= 11 is 0. The van der Waals surface area contributed by atoms with E-state index in [0.29, 0.717) is 47.7 Å². The minimum atomic E-state index is -0.395. The number of phenolic OH excluding ortho intramolecular Hbond substituents is 1. The van der Waals surface area contributed by atoms with Crippen LogP contribution in [0.4, 0.5) is 22.0 Å². The van der Waals surface area contributed by atoms with Crippen LogP contribution in [-0.4, -0.2) is 110 Å². The van der Waals surface area contributed by atoms with Gasteiger partial charge >= 0.3 is 6.03 Å². The first-order valence-corrected chi connectivity index (χ1v) is 21.6. The number of urea groups is 1. The normalized spacial score (nSPS) is 22.2. The summed E-state index contributed by atoms with van der Waals surface area (Å²) in [5.41, 5.74) is 12.4. The molecular weight excluding hydrogens is 773 g/mol. The molecule has 9 rings (SSSR count). The minimum Gasteiger partial charge on any atom is -0.507 e. The molecule has 0 saturated carbocycles. The number of aromatic hydroxyl groups is 1. The molecule has 4 fully saturated rings. The number of nitrogens with zero attached hydrogens (tertiary/aromatic N) is 8. The number of nitrogens with one attached hydrogen (secondary N) is 1. The van der Waals surface area contributed by atoms with E-state index in [-0.39, 0.29) is 42.2 Å². The number of nitrogens with two attached hydrogens (primary N) is 1. The van der Waals surface area contributed by atoms with Crippen molar-refractivity contribution in [2.24, 2.45) is 5.92 Å². The van der Waals surface area contributed by atoms with Gasteiger partial charge in [0, 0.05) is 81.0 Å². The van der Waals surface area contributed by atoms with Crippen molar-refractivity contribution in [2.45, 2.75) is 77.2 Å². The van der Waals surface area contributed by atoms with Crippen LogP contribution in [0.3, 0.4) is 0 Å². The first-order chi connectivity index (χ1) is 29.5. The Bertz CT molecular complexity index is 2440. The Morgan fingerprint density at radius 1 is 0.918 bits per heavy atom. The fourth-order valence-electron chi connectivity index (χ4n) is 9.57. The lowest BCUT2D eigenvalue weighted by Gasteiger charge is -2.43. The molecule has 0 bridgehead atoms. The highest BCUT2D eigenvalue weighted by Crippen LogP contribution is 2.38. The molecule has 2 aromatic carbocycles. The zero-order valence-corrected chi connectivity index (χ0v) is 35.0. The Balaban J connectivity index is 0.769. The largest absolute Gasteiger partial charge is 0.507 e. The molecule has 61 heavy (non-hydrogen) atoms. The van der Waals surface area contributed by atoms with Crippen LogP contribution in [0.1, 0.15) is 79.7 Å². The highest BCUT2D eigenvalue weighted by Gasteiger charge is 2.35. The van der Waals surface area contributed by atoms with Gasteiger partial charge in [-0.1, -0.05) is 24.3 Å². The number of pyridine rings is 1. The van der Waals surface area contributed by atoms with Crippen LogP contribution in [0.5, 0.6) is 5.75 Å². The molecule has 4 saturated heterocycles. The Morgan fingerprint density at radius 3 is 2.41 bits per heavy atom. The number of carbonyl (C=O) groups is 3. The van der Waals surface area contributed by atoms with E-state index in [1.165, 1.54) is 0 Å². The topological polar surface area (TPSA) is 175 Å². The molecule has 0 aliphatic carbocycles. The van der Waals surface area contributed by atoms with Crippen molar-refractivity contribution in [3.63, 3.8) is 0 Å². The van der Waals surface area contributed by atoms with Crippen molar-refractivity contribution in [3.05, 3.63) is 89.7 Å². The first-order valence-electron chi connectivity index (χ1n) is 21.6. The number of aryl methyl sites for hydroxylation is 1. The number of para-hydroxylation sites is 1. The number of hydrogen-bond donors (Lipinski definition) is 3. The van der Waals surface area contributed by atoms with Gasteiger partial charge in [0.1, 0.15) is 17.5 Å². The van der Waals surface area contributed by atoms with E-state index in [0.717, 1.165) is 92.1 Å². The molecule has 7 heterocycles. The number of rotatable bonds is 8. The van der Waals surface area contributed by atoms with E-state index in [1.807, 2.05) is 54.3 Å². The van der Waals surface area contributed by atoms with Gasteiger partial charge < -0.3 is 34.8 Å². The fourth-order valence-corrected chi connectivity index (χ4v) is 9.57. The zero-order chi connectivity index (χ0) is 42.4. The maximum absolute atomic E-state index is 13.7. The van der Waals surface area contributed by atoms with Crippen LogP contribution >= 0.6 is 0 Å². The lowest BCUT2D eigenvalue weighted by atomic mass is 9.94. The lowest BCUT2D eigenvalue weighted by Crippen LogP contribution is -2.50. The Hall–Kier alpha value is -6.06. The third kappa shape index (κ3) is 8.11. The molecule has 3 atom stereocenters. The minimum absolute atomic E-state index is 0.00659. The molecule has 4 aliphatic heterocycles. The number of hydrogen-bond acceptors (Lipinski definition) is 11. The molecule has 15 nitrogen and oxygen atoms in total. The summed E-state index contributed by atoms with van der Waals surface area (Å²) in [7, 11) is 0. The zero-order valence-electron chi connectivity index (χ0n) is 35.0. The molecule has 318 valence electrons. The third-order valence-corrected chi connectivity index (χ3v) is 13.3. The van der Waals surface area contributed by atoms with E-state index >= 15 is 0 Å². The average Bonchev–Trinajstić information content (AvgIpc) is 3.68. The van der Waals surface area contributed by atoms with Crippen LogP contribution in [0.2, 0.25) is 0 Å². The number of morpholine rings is 1. The second-order valence-electron chi connectivity index (χ2n) is 17.1. The van der Waals surface area contributed by atoms with Gasteiger partial charge in [0.15, 0.2) is 5.82 Å². The second-order valence-corrected chi connectivity index (χ2v) is 17.1. The maximum atomic E-state index is 13.7. The molecule has 4 amide bonds. The van der Waals surface area contributed by atoms with Crippen molar-refractivity contribution in [3.8, 4) is 17.0 Å². The van der Waals surface area contributed by atoms with Gasteiger partial charge in [0.2, 0.25) is 5.91 Å². The number of anilines is 3. The van der Waals surface area contributed by atoms with E-state index in [1.54, 1.807) is 23.1 Å². The van der Waals surface area contributed by atoms with Crippen molar-refractivity contribution < 1.29 is 24.2 Å². The van der Waals surface area contributed by atoms with Gasteiger partial charge in [-0.2, -0.15) is 0 Å². The van der Waals surface area contributed by atoms with Crippen molar-refractivity contribution >= 4 is 46.1 Å². The highest BCUT2D eigenvalue weighted by atomic mass is 16.5. The molecule has 0 radical (unpaired) electrons. The molecule has 4 N–H and O–H groups in total. The summed E-state index contributed by atoms with van der Waals surface area (Å²) < 4.78 is 8.79. The standard InChI is InChI=1S/C46H54N10O5/c1-28-38(55-23-17-42(58)49-46(55)60)24-34-14-22-54(44(34)48-28)35-15-18-52(19-16-35)26-31-12-20-53(21-13-31)45(59)33-10-8-32(9-11-33)41-27-56(29(2)30(3)61-41)39-25-37(50-51-43(39)47)36-6-4-5-7-40(36)57/h4-11,14,22,24-25,29-31,35,41,57H,12-13,15-21,23,26-27H2,1-3H3,(H2,47,51)(H,49,58,60)/t29-,30+,41+/m0/s1. The van der Waals surface area contributed by atoms with Gasteiger partial charge in [-0.15, -0.1) is 10.2 Å². The summed E-state index contributed by atoms with van der Waals surface area (Å²) in [6.07, 6.45) is 6.08. The van der Waals surface area contributed by atoms with E-state index in [4.69, 9.17) is 15.5 Å². The summed E-state index contributed by atoms with van der Waals surface area (Å²) in [6.45, 7) is 11.5. The predicted molar refractivity (Wildman–Crippen MR) is 233 cm³/mol. The number of fused-ring (bicyclic) bond motifs is 1. The summed E-state index contributed by atoms with van der Waals surface area (Å²) in [5.74, 6) is 0.810. The number of piperidine rings is 2. The molecular formula is C46H54N10O5. The molecule has 0 spiro atoms. The third-order valence-electron chi connectivity index (χ3n) is 13.3. The Labute approximate surface area is 355 Å². The summed E-state index contributed by atoms with van der Waals surface area (Å²) in [4.78, 5) is 51.2. The van der Waals surface area contributed by atoms with Gasteiger partial charge in [0.05, 0.1) is 34.9 Å². The molecule has 3 aromatic heterocycles. The number of likely N-dealkylation sites (tertiary alicyclic amines) is 2. The van der Waals surface area contributed by atoms with Gasteiger partial charge in [0.25, 0.3) is 5.91 Å². The van der Waals surface area contributed by atoms with Crippen LogP contribution in [0.15, 0.2) is 72.9 Å². The number of amides is 4. The number of carbonyl (C=O) groups excluding carboxylic acids is 3. The van der Waals surface area contributed by atoms with Gasteiger partial charge in [-0.3, -0.25) is 19.8 Å². The number of nitrogen functional groups attached to an aromatic ring is 1. The Morgan fingerprint density at radius 2 is 1.67 bits per heavy atom. The number of imide groups is 1. The maximum Gasteiger partial charge on any atom is 0.328 e. The quantitative estimate of drug-likeness (QED) is 0.165. The van der Waals surface area contributed by atoms with Crippen LogP contribution in [-0.2, 0) is 9.53 Å². The fraction of sp³-hybridized carbons (Fsp3) is 0.435. The van der Waals surface area contributed by atoms with Gasteiger partial charge in [-0.25, -0.2) is 9.78 Å². The first kappa shape index (κ1) is 40.4. The van der Waals surface area contributed by atoms with E-state index in [2.05, 4.69) is 56.0 Å². The molecule has 5 aromatic rings.